The van der Waals surface area contributed by atoms with Crippen LogP contribution in [-0.2, 0) is 7.05 Å². The monoisotopic (exact) mass is 208 g/mol. The molecule has 0 aliphatic heterocycles. The Bertz CT molecular complexity index is 551. The Hall–Kier alpha value is -1.53. The Morgan fingerprint density at radius 1 is 1.50 bits per heavy atom. The van der Waals surface area contributed by atoms with Gasteiger partial charge in [0, 0.05) is 12.4 Å². The maximum absolute atomic E-state index is 12.9. The molecule has 1 aromatic heterocycles. The van der Waals surface area contributed by atoms with Crippen molar-refractivity contribution in [1.29, 1.82) is 5.26 Å². The van der Waals surface area contributed by atoms with Gasteiger partial charge in [0.25, 0.3) is 0 Å². The topological polar surface area (TPSA) is 28.7 Å². The molecule has 4 heteroatoms. The lowest BCUT2D eigenvalue weighted by Crippen LogP contribution is -1.86. The van der Waals surface area contributed by atoms with Crippen molar-refractivity contribution in [2.45, 2.75) is 0 Å². The van der Waals surface area contributed by atoms with E-state index in [9.17, 15) is 4.39 Å². The quantitative estimate of drug-likeness (QED) is 0.655. The third-order valence-electron chi connectivity index (χ3n) is 2.20. The van der Waals surface area contributed by atoms with Gasteiger partial charge in [-0.15, -0.1) is 0 Å². The summed E-state index contributed by atoms with van der Waals surface area (Å²) in [5.41, 5.74) is 1.08. The average molecular weight is 209 g/mol. The second-order valence-corrected chi connectivity index (χ2v) is 3.36. The molecule has 0 saturated carbocycles. The van der Waals surface area contributed by atoms with E-state index < -0.39 is 0 Å². The van der Waals surface area contributed by atoms with Crippen molar-refractivity contribution in [2.75, 3.05) is 0 Å². The number of hydrogen-bond donors (Lipinski definition) is 0. The van der Waals surface area contributed by atoms with E-state index in [1.807, 2.05) is 6.07 Å². The summed E-state index contributed by atoms with van der Waals surface area (Å²) in [4.78, 5) is 0. The molecule has 14 heavy (non-hydrogen) atoms. The highest BCUT2D eigenvalue weighted by Crippen LogP contribution is 2.28. The van der Waals surface area contributed by atoms with Gasteiger partial charge in [-0.25, -0.2) is 4.39 Å². The van der Waals surface area contributed by atoms with Gasteiger partial charge < -0.3 is 4.57 Å². The normalized spacial score (nSPS) is 10.4. The van der Waals surface area contributed by atoms with E-state index in [-0.39, 0.29) is 5.82 Å². The average Bonchev–Trinajstić information content (AvgIpc) is 2.39. The van der Waals surface area contributed by atoms with E-state index in [2.05, 4.69) is 0 Å². The predicted molar refractivity (Wildman–Crippen MR) is 52.6 cm³/mol. The molecule has 0 amide bonds. The van der Waals surface area contributed by atoms with E-state index in [1.54, 1.807) is 17.7 Å². The van der Waals surface area contributed by atoms with Crippen LogP contribution >= 0.6 is 11.6 Å². The largest absolute Gasteiger partial charge is 0.334 e. The molecule has 0 fully saturated rings. The van der Waals surface area contributed by atoms with Crippen molar-refractivity contribution in [3.8, 4) is 6.07 Å². The van der Waals surface area contributed by atoms with Crippen LogP contribution in [0.3, 0.4) is 0 Å². The van der Waals surface area contributed by atoms with Crippen molar-refractivity contribution in [2.24, 2.45) is 7.05 Å². The fourth-order valence-electron chi connectivity index (χ4n) is 1.49. The van der Waals surface area contributed by atoms with Gasteiger partial charge in [-0.2, -0.15) is 5.26 Å². The van der Waals surface area contributed by atoms with Gasteiger partial charge in [-0.1, -0.05) is 11.6 Å². The minimum Gasteiger partial charge on any atom is -0.334 e. The SMILES string of the molecule is Cn1c(Cl)c(C#N)c2cc(F)ccc21. The number of rotatable bonds is 0. The highest BCUT2D eigenvalue weighted by atomic mass is 35.5. The van der Waals surface area contributed by atoms with Gasteiger partial charge >= 0.3 is 0 Å². The first-order valence-corrected chi connectivity index (χ1v) is 4.36. The van der Waals surface area contributed by atoms with Gasteiger partial charge in [0.1, 0.15) is 17.0 Å². The predicted octanol–water partition coefficient (Wildman–Crippen LogP) is 2.84. The van der Waals surface area contributed by atoms with Crippen LogP contribution in [0.5, 0.6) is 0 Å². The van der Waals surface area contributed by atoms with Gasteiger partial charge in [-0.05, 0) is 18.2 Å². The number of aromatic nitrogens is 1. The van der Waals surface area contributed by atoms with E-state index in [0.717, 1.165) is 5.52 Å². The number of benzene rings is 1. The van der Waals surface area contributed by atoms with Crippen LogP contribution < -0.4 is 0 Å². The molecule has 0 bridgehead atoms. The van der Waals surface area contributed by atoms with Crippen molar-refractivity contribution >= 4 is 22.5 Å². The zero-order chi connectivity index (χ0) is 10.3. The van der Waals surface area contributed by atoms with Gasteiger partial charge in [0.05, 0.1) is 11.1 Å². The lowest BCUT2D eigenvalue weighted by atomic mass is 10.2. The summed E-state index contributed by atoms with van der Waals surface area (Å²) in [7, 11) is 1.74. The molecular weight excluding hydrogens is 203 g/mol. The van der Waals surface area contributed by atoms with Crippen molar-refractivity contribution in [3.05, 3.63) is 34.7 Å². The Morgan fingerprint density at radius 2 is 2.21 bits per heavy atom. The highest BCUT2D eigenvalue weighted by Gasteiger charge is 2.13. The number of nitrogens with zero attached hydrogens (tertiary/aromatic N) is 2. The van der Waals surface area contributed by atoms with Crippen LogP contribution in [-0.4, -0.2) is 4.57 Å². The Labute approximate surface area is 85.1 Å². The fourth-order valence-corrected chi connectivity index (χ4v) is 1.73. The molecule has 0 unspecified atom stereocenters. The minimum absolute atomic E-state index is 0.323. The van der Waals surface area contributed by atoms with Crippen LogP contribution in [0, 0.1) is 17.1 Å². The number of aryl methyl sites for hydroxylation is 1. The molecular formula is C10H6ClFN2. The second kappa shape index (κ2) is 3.00. The smallest absolute Gasteiger partial charge is 0.127 e. The summed E-state index contributed by atoms with van der Waals surface area (Å²) in [5.74, 6) is -0.365. The molecule has 0 aliphatic rings. The molecule has 2 nitrogen and oxygen atoms in total. The van der Waals surface area contributed by atoms with Crippen molar-refractivity contribution < 1.29 is 4.39 Å². The van der Waals surface area contributed by atoms with Gasteiger partial charge in [0.15, 0.2) is 0 Å². The zero-order valence-electron chi connectivity index (χ0n) is 7.38. The molecule has 0 aliphatic carbocycles. The van der Waals surface area contributed by atoms with E-state index in [1.165, 1.54) is 12.1 Å². The Balaban J connectivity index is 2.98. The number of hydrogen-bond acceptors (Lipinski definition) is 1. The molecule has 0 saturated heterocycles. The lowest BCUT2D eigenvalue weighted by molar-refractivity contribution is 0.629. The maximum atomic E-state index is 12.9. The van der Waals surface area contributed by atoms with Crippen LogP contribution in [0.2, 0.25) is 5.15 Å². The first kappa shape index (κ1) is 9.04. The van der Waals surface area contributed by atoms with Crippen LogP contribution in [0.1, 0.15) is 5.56 Å². The molecule has 0 radical (unpaired) electrons. The standard InChI is InChI=1S/C10H6ClFN2/c1-14-9-3-2-6(12)4-7(9)8(5-13)10(14)11/h2-4H,1H3. The summed E-state index contributed by atoms with van der Waals surface area (Å²) in [6, 6.07) is 6.24. The summed E-state index contributed by atoms with van der Waals surface area (Å²) >= 11 is 5.91. The Kier molecular flexibility index (Phi) is 1.94. The molecule has 70 valence electrons. The maximum Gasteiger partial charge on any atom is 0.127 e. The summed E-state index contributed by atoms with van der Waals surface area (Å²) < 4.78 is 14.6. The number of halogens is 2. The van der Waals surface area contributed by atoms with Crippen LogP contribution in [0.25, 0.3) is 10.9 Å². The molecule has 0 spiro atoms. The second-order valence-electron chi connectivity index (χ2n) is 3.00. The Morgan fingerprint density at radius 3 is 2.86 bits per heavy atom. The first-order chi connectivity index (χ1) is 6.65. The summed E-state index contributed by atoms with van der Waals surface area (Å²) in [6.45, 7) is 0. The van der Waals surface area contributed by atoms with Crippen LogP contribution in [0.15, 0.2) is 18.2 Å². The molecule has 2 rings (SSSR count). The van der Waals surface area contributed by atoms with Gasteiger partial charge in [0.2, 0.25) is 0 Å². The summed E-state index contributed by atoms with van der Waals surface area (Å²) in [5, 5.41) is 9.75. The fraction of sp³-hybridized carbons (Fsp3) is 0.100. The summed E-state index contributed by atoms with van der Waals surface area (Å²) in [6.07, 6.45) is 0. The van der Waals surface area contributed by atoms with Gasteiger partial charge in [-0.3, -0.25) is 0 Å². The minimum atomic E-state index is -0.365. The van der Waals surface area contributed by atoms with Crippen molar-refractivity contribution in [3.63, 3.8) is 0 Å². The third kappa shape index (κ3) is 1.08. The zero-order valence-corrected chi connectivity index (χ0v) is 8.14. The highest BCUT2D eigenvalue weighted by molar-refractivity contribution is 6.32. The molecule has 0 atom stereocenters. The van der Waals surface area contributed by atoms with E-state index in [0.29, 0.717) is 16.1 Å². The molecule has 1 heterocycles. The molecule has 1 aromatic carbocycles. The number of nitriles is 1. The molecule has 2 aromatic rings. The van der Waals surface area contributed by atoms with E-state index >= 15 is 0 Å². The third-order valence-corrected chi connectivity index (χ3v) is 2.64. The number of fused-ring (bicyclic) bond motifs is 1. The molecule has 0 N–H and O–H groups in total. The van der Waals surface area contributed by atoms with Crippen molar-refractivity contribution in [1.82, 2.24) is 4.57 Å². The first-order valence-electron chi connectivity index (χ1n) is 3.98. The lowest BCUT2D eigenvalue weighted by Gasteiger charge is -1.95. The van der Waals surface area contributed by atoms with Crippen LogP contribution in [0.4, 0.5) is 4.39 Å². The van der Waals surface area contributed by atoms with E-state index in [4.69, 9.17) is 16.9 Å².